The van der Waals surface area contributed by atoms with E-state index in [1.807, 2.05) is 36.4 Å². The van der Waals surface area contributed by atoms with Crippen LogP contribution in [0, 0.1) is 0 Å². The second-order valence-electron chi connectivity index (χ2n) is 5.79. The number of aromatic nitrogens is 3. The summed E-state index contributed by atoms with van der Waals surface area (Å²) in [5.41, 5.74) is 3.09. The number of hydrogen-bond acceptors (Lipinski definition) is 7. The van der Waals surface area contributed by atoms with E-state index in [2.05, 4.69) is 25.6 Å². The number of rotatable bonds is 4. The van der Waals surface area contributed by atoms with Crippen molar-refractivity contribution in [2.24, 2.45) is 0 Å². The van der Waals surface area contributed by atoms with E-state index in [0.29, 0.717) is 6.54 Å². The van der Waals surface area contributed by atoms with Crippen LogP contribution in [0.25, 0.3) is 21.3 Å². The molecular formula is C19H14N4O2S. The number of nitrogens with one attached hydrogen (secondary N) is 1. The molecule has 26 heavy (non-hydrogen) atoms. The molecule has 7 heteroatoms. The van der Waals surface area contributed by atoms with Crippen LogP contribution in [0.15, 0.2) is 54.3 Å². The molecule has 5 rings (SSSR count). The van der Waals surface area contributed by atoms with Gasteiger partial charge in [-0.25, -0.2) is 9.97 Å². The van der Waals surface area contributed by atoms with Gasteiger partial charge >= 0.3 is 0 Å². The zero-order valence-electron chi connectivity index (χ0n) is 13.7. The predicted molar refractivity (Wildman–Crippen MR) is 101 cm³/mol. The molecule has 0 aliphatic carbocycles. The smallest absolute Gasteiger partial charge is 0.231 e. The molecule has 0 amide bonds. The first-order valence-corrected chi connectivity index (χ1v) is 9.02. The van der Waals surface area contributed by atoms with Gasteiger partial charge in [0.25, 0.3) is 0 Å². The van der Waals surface area contributed by atoms with E-state index in [-0.39, 0.29) is 6.79 Å². The van der Waals surface area contributed by atoms with Gasteiger partial charge in [-0.05, 0) is 29.8 Å². The van der Waals surface area contributed by atoms with Crippen LogP contribution in [-0.4, -0.2) is 21.7 Å². The Morgan fingerprint density at radius 2 is 2.00 bits per heavy atom. The van der Waals surface area contributed by atoms with Gasteiger partial charge in [0.15, 0.2) is 11.5 Å². The highest BCUT2D eigenvalue weighted by molar-refractivity contribution is 7.17. The van der Waals surface area contributed by atoms with E-state index >= 15 is 0 Å². The van der Waals surface area contributed by atoms with E-state index < -0.39 is 0 Å². The van der Waals surface area contributed by atoms with Crippen molar-refractivity contribution in [3.8, 4) is 22.6 Å². The highest BCUT2D eigenvalue weighted by atomic mass is 32.1. The van der Waals surface area contributed by atoms with Gasteiger partial charge in [0, 0.05) is 17.1 Å². The molecule has 0 radical (unpaired) electrons. The number of nitrogens with zero attached hydrogens (tertiary/aromatic N) is 3. The molecule has 1 aliphatic rings. The van der Waals surface area contributed by atoms with Crippen LogP contribution in [0.1, 0.15) is 5.69 Å². The fraction of sp³-hybridized carbons (Fsp3) is 0.105. The molecule has 1 aromatic carbocycles. The van der Waals surface area contributed by atoms with Crippen LogP contribution in [-0.2, 0) is 6.54 Å². The van der Waals surface area contributed by atoms with Crippen molar-refractivity contribution in [3.05, 3.63) is 60.0 Å². The van der Waals surface area contributed by atoms with Gasteiger partial charge in [0.2, 0.25) is 6.79 Å². The first-order valence-electron chi connectivity index (χ1n) is 8.14. The Morgan fingerprint density at radius 1 is 1.04 bits per heavy atom. The first kappa shape index (κ1) is 15.1. The molecule has 6 nitrogen and oxygen atoms in total. The van der Waals surface area contributed by atoms with E-state index in [9.17, 15) is 0 Å². The molecular weight excluding hydrogens is 348 g/mol. The van der Waals surface area contributed by atoms with E-state index in [0.717, 1.165) is 44.4 Å². The van der Waals surface area contributed by atoms with Crippen LogP contribution in [0.3, 0.4) is 0 Å². The minimum absolute atomic E-state index is 0.267. The summed E-state index contributed by atoms with van der Waals surface area (Å²) in [5, 5.41) is 6.50. The Hall–Kier alpha value is -3.19. The summed E-state index contributed by atoms with van der Waals surface area (Å²) < 4.78 is 10.9. The van der Waals surface area contributed by atoms with Gasteiger partial charge in [0.1, 0.15) is 17.0 Å². The second-order valence-corrected chi connectivity index (χ2v) is 6.65. The fourth-order valence-corrected chi connectivity index (χ4v) is 3.88. The Kier molecular flexibility index (Phi) is 3.64. The van der Waals surface area contributed by atoms with Gasteiger partial charge in [-0.15, -0.1) is 11.3 Å². The molecule has 128 valence electrons. The largest absolute Gasteiger partial charge is 0.454 e. The number of pyridine rings is 1. The Balaban J connectivity index is 1.54. The molecule has 3 aromatic heterocycles. The lowest BCUT2D eigenvalue weighted by Gasteiger charge is -2.08. The van der Waals surface area contributed by atoms with Gasteiger partial charge < -0.3 is 14.8 Å². The maximum Gasteiger partial charge on any atom is 0.231 e. The van der Waals surface area contributed by atoms with Crippen LogP contribution >= 0.6 is 11.3 Å². The topological polar surface area (TPSA) is 69.2 Å². The molecule has 4 heterocycles. The number of thiophene rings is 1. The molecule has 0 fully saturated rings. The lowest BCUT2D eigenvalue weighted by Crippen LogP contribution is -2.03. The number of anilines is 1. The van der Waals surface area contributed by atoms with Gasteiger partial charge in [-0.1, -0.05) is 12.1 Å². The summed E-state index contributed by atoms with van der Waals surface area (Å²) in [6, 6.07) is 11.8. The maximum atomic E-state index is 5.51. The summed E-state index contributed by atoms with van der Waals surface area (Å²) >= 11 is 1.60. The number of fused-ring (bicyclic) bond motifs is 2. The van der Waals surface area contributed by atoms with Crippen molar-refractivity contribution in [1.29, 1.82) is 0 Å². The third-order valence-corrected chi connectivity index (χ3v) is 5.10. The Labute approximate surface area is 153 Å². The molecule has 1 aliphatic heterocycles. The normalized spacial score (nSPS) is 12.5. The Bertz CT molecular complexity index is 1080. The summed E-state index contributed by atoms with van der Waals surface area (Å²) in [6.07, 6.45) is 3.37. The average Bonchev–Trinajstić information content (AvgIpc) is 3.33. The minimum atomic E-state index is 0.267. The molecule has 0 atom stereocenters. The van der Waals surface area contributed by atoms with E-state index in [1.54, 1.807) is 23.9 Å². The van der Waals surface area contributed by atoms with Crippen LogP contribution in [0.4, 0.5) is 5.82 Å². The zero-order chi connectivity index (χ0) is 17.3. The summed E-state index contributed by atoms with van der Waals surface area (Å²) in [6.45, 7) is 0.868. The lowest BCUT2D eigenvalue weighted by molar-refractivity contribution is 0.174. The Morgan fingerprint density at radius 3 is 2.92 bits per heavy atom. The average molecular weight is 362 g/mol. The molecule has 4 aromatic rings. The monoisotopic (exact) mass is 362 g/mol. The number of hydrogen-bond donors (Lipinski definition) is 1. The van der Waals surface area contributed by atoms with Crippen molar-refractivity contribution in [1.82, 2.24) is 15.0 Å². The van der Waals surface area contributed by atoms with Crippen molar-refractivity contribution in [2.45, 2.75) is 6.54 Å². The van der Waals surface area contributed by atoms with Crippen LogP contribution < -0.4 is 14.8 Å². The third-order valence-electron chi connectivity index (χ3n) is 4.22. The maximum absolute atomic E-state index is 5.51. The SMILES string of the molecule is c1ccc(CNc2ncnc3scc(-c4ccc5c(c4)OCO5)c23)nc1. The first-order chi connectivity index (χ1) is 12.9. The summed E-state index contributed by atoms with van der Waals surface area (Å²) in [4.78, 5) is 14.2. The highest BCUT2D eigenvalue weighted by Gasteiger charge is 2.17. The van der Waals surface area contributed by atoms with Crippen LogP contribution in [0.2, 0.25) is 0 Å². The van der Waals surface area contributed by atoms with Gasteiger partial charge in [-0.2, -0.15) is 0 Å². The van der Waals surface area contributed by atoms with Crippen molar-refractivity contribution in [3.63, 3.8) is 0 Å². The number of ether oxygens (including phenoxy) is 2. The third kappa shape index (κ3) is 2.62. The van der Waals surface area contributed by atoms with Crippen molar-refractivity contribution < 1.29 is 9.47 Å². The molecule has 0 unspecified atom stereocenters. The highest BCUT2D eigenvalue weighted by Crippen LogP contribution is 2.41. The van der Waals surface area contributed by atoms with Gasteiger partial charge in [-0.3, -0.25) is 4.98 Å². The molecule has 0 bridgehead atoms. The van der Waals surface area contributed by atoms with Crippen molar-refractivity contribution in [2.75, 3.05) is 12.1 Å². The van der Waals surface area contributed by atoms with E-state index in [1.165, 1.54) is 0 Å². The quantitative estimate of drug-likeness (QED) is 0.590. The molecule has 0 saturated carbocycles. The molecule has 0 spiro atoms. The van der Waals surface area contributed by atoms with Gasteiger partial charge in [0.05, 0.1) is 17.6 Å². The lowest BCUT2D eigenvalue weighted by atomic mass is 10.1. The minimum Gasteiger partial charge on any atom is -0.454 e. The second kappa shape index (κ2) is 6.27. The molecule has 0 saturated heterocycles. The zero-order valence-corrected chi connectivity index (χ0v) is 14.5. The van der Waals surface area contributed by atoms with E-state index in [4.69, 9.17) is 9.47 Å². The standard InChI is InChI=1S/C19H14N4O2S/c1-2-6-20-13(3-1)8-21-18-17-14(9-26-19(17)23-10-22-18)12-4-5-15-16(7-12)25-11-24-15/h1-7,9-10H,8,11H2,(H,21,22,23). The number of benzene rings is 1. The summed E-state index contributed by atoms with van der Waals surface area (Å²) in [5.74, 6) is 2.34. The van der Waals surface area contributed by atoms with Crippen LogP contribution in [0.5, 0.6) is 11.5 Å². The summed E-state index contributed by atoms with van der Waals surface area (Å²) in [7, 11) is 0. The predicted octanol–water partition coefficient (Wildman–Crippen LogP) is 4.09. The molecule has 1 N–H and O–H groups in total. The fourth-order valence-electron chi connectivity index (χ4n) is 2.96. The van der Waals surface area contributed by atoms with Crippen molar-refractivity contribution >= 4 is 27.4 Å².